The van der Waals surface area contributed by atoms with Crippen molar-refractivity contribution in [1.82, 2.24) is 15.3 Å². The molecule has 21 heavy (non-hydrogen) atoms. The lowest BCUT2D eigenvalue weighted by molar-refractivity contribution is 0.106. The normalized spacial score (nSPS) is 12.1. The summed E-state index contributed by atoms with van der Waals surface area (Å²) in [6.07, 6.45) is 2.88. The molecule has 0 radical (unpaired) electrons. The van der Waals surface area contributed by atoms with E-state index in [1.165, 1.54) is 0 Å². The lowest BCUT2D eigenvalue weighted by Crippen LogP contribution is -2.31. The SMILES string of the molecule is Cc1cnc(CNCC(O)COc2ccc(Br)cc2)cn1. The number of nitrogens with one attached hydrogen (secondary N) is 1. The van der Waals surface area contributed by atoms with E-state index in [1.54, 1.807) is 12.4 Å². The van der Waals surface area contributed by atoms with E-state index in [0.717, 1.165) is 21.6 Å². The van der Waals surface area contributed by atoms with Gasteiger partial charge < -0.3 is 15.2 Å². The van der Waals surface area contributed by atoms with Gasteiger partial charge >= 0.3 is 0 Å². The fourth-order valence-electron chi connectivity index (χ4n) is 1.66. The Hall–Kier alpha value is -1.50. The van der Waals surface area contributed by atoms with Gasteiger partial charge in [-0.3, -0.25) is 9.97 Å². The highest BCUT2D eigenvalue weighted by Gasteiger charge is 2.05. The van der Waals surface area contributed by atoms with E-state index < -0.39 is 6.10 Å². The summed E-state index contributed by atoms with van der Waals surface area (Å²) in [4.78, 5) is 8.40. The number of aromatic nitrogens is 2. The number of nitrogens with zero attached hydrogens (tertiary/aromatic N) is 2. The van der Waals surface area contributed by atoms with Crippen LogP contribution in [0.3, 0.4) is 0 Å². The zero-order chi connectivity index (χ0) is 15.1. The number of halogens is 1. The number of benzene rings is 1. The van der Waals surface area contributed by atoms with Gasteiger partial charge in [0.25, 0.3) is 0 Å². The van der Waals surface area contributed by atoms with Gasteiger partial charge in [-0.15, -0.1) is 0 Å². The molecule has 0 saturated heterocycles. The van der Waals surface area contributed by atoms with Gasteiger partial charge in [0.05, 0.1) is 11.4 Å². The van der Waals surface area contributed by atoms with Gasteiger partial charge in [0.1, 0.15) is 18.5 Å². The Kier molecular flexibility index (Phi) is 6.10. The molecule has 0 aliphatic rings. The summed E-state index contributed by atoms with van der Waals surface area (Å²) in [6.45, 7) is 3.15. The average Bonchev–Trinajstić information content (AvgIpc) is 2.49. The van der Waals surface area contributed by atoms with Gasteiger partial charge in [0.15, 0.2) is 0 Å². The minimum Gasteiger partial charge on any atom is -0.491 e. The molecule has 1 aromatic heterocycles. The highest BCUT2D eigenvalue weighted by molar-refractivity contribution is 9.10. The van der Waals surface area contributed by atoms with Gasteiger partial charge in [-0.1, -0.05) is 15.9 Å². The number of rotatable bonds is 7. The van der Waals surface area contributed by atoms with Crippen molar-refractivity contribution in [3.8, 4) is 5.75 Å². The van der Waals surface area contributed by atoms with Crippen LogP contribution in [0.15, 0.2) is 41.1 Å². The predicted molar refractivity (Wildman–Crippen MR) is 84.1 cm³/mol. The molecule has 5 nitrogen and oxygen atoms in total. The maximum absolute atomic E-state index is 9.85. The molecular weight excluding hydrogens is 334 g/mol. The van der Waals surface area contributed by atoms with Crippen molar-refractivity contribution in [2.75, 3.05) is 13.2 Å². The molecule has 1 unspecified atom stereocenters. The first kappa shape index (κ1) is 15.9. The summed E-state index contributed by atoms with van der Waals surface area (Å²) >= 11 is 3.36. The number of hydrogen-bond acceptors (Lipinski definition) is 5. The van der Waals surface area contributed by atoms with Gasteiger partial charge in [0.2, 0.25) is 0 Å². The van der Waals surface area contributed by atoms with Gasteiger partial charge in [-0.2, -0.15) is 0 Å². The van der Waals surface area contributed by atoms with Crippen LogP contribution in [0.2, 0.25) is 0 Å². The van der Waals surface area contributed by atoms with Crippen LogP contribution in [-0.4, -0.2) is 34.3 Å². The molecule has 1 aromatic carbocycles. The van der Waals surface area contributed by atoms with Gasteiger partial charge in [0, 0.05) is 30.0 Å². The van der Waals surface area contributed by atoms with Crippen molar-refractivity contribution >= 4 is 15.9 Å². The minimum atomic E-state index is -0.577. The molecule has 112 valence electrons. The number of hydrogen-bond donors (Lipinski definition) is 2. The average molecular weight is 352 g/mol. The minimum absolute atomic E-state index is 0.244. The highest BCUT2D eigenvalue weighted by Crippen LogP contribution is 2.16. The first-order valence-corrected chi connectivity index (χ1v) is 7.47. The summed E-state index contributed by atoms with van der Waals surface area (Å²) < 4.78 is 6.50. The van der Waals surface area contributed by atoms with E-state index in [-0.39, 0.29) is 6.61 Å². The molecule has 6 heteroatoms. The monoisotopic (exact) mass is 351 g/mol. The van der Waals surface area contributed by atoms with E-state index in [9.17, 15) is 5.11 Å². The Morgan fingerprint density at radius 2 is 2.00 bits per heavy atom. The topological polar surface area (TPSA) is 67.3 Å². The quantitative estimate of drug-likeness (QED) is 0.799. The van der Waals surface area contributed by atoms with E-state index in [2.05, 4.69) is 31.2 Å². The van der Waals surface area contributed by atoms with E-state index >= 15 is 0 Å². The molecule has 2 rings (SSSR count). The number of ether oxygens (including phenoxy) is 1. The van der Waals surface area contributed by atoms with Crippen molar-refractivity contribution in [3.05, 3.63) is 52.5 Å². The fourth-order valence-corrected chi connectivity index (χ4v) is 1.92. The summed E-state index contributed by atoms with van der Waals surface area (Å²) in [5.41, 5.74) is 1.74. The lowest BCUT2D eigenvalue weighted by atomic mass is 10.3. The van der Waals surface area contributed by atoms with Crippen LogP contribution < -0.4 is 10.1 Å². The van der Waals surface area contributed by atoms with Crippen LogP contribution >= 0.6 is 15.9 Å². The van der Waals surface area contributed by atoms with Crippen molar-refractivity contribution in [2.45, 2.75) is 19.6 Å². The van der Waals surface area contributed by atoms with Crippen LogP contribution in [0.1, 0.15) is 11.4 Å². The molecule has 0 spiro atoms. The smallest absolute Gasteiger partial charge is 0.119 e. The molecule has 0 bridgehead atoms. The molecule has 2 aromatic rings. The maximum atomic E-state index is 9.85. The zero-order valence-corrected chi connectivity index (χ0v) is 13.4. The van der Waals surface area contributed by atoms with Gasteiger partial charge in [-0.25, -0.2) is 0 Å². The first-order chi connectivity index (χ1) is 10.1. The third-order valence-corrected chi connectivity index (χ3v) is 3.31. The lowest BCUT2D eigenvalue weighted by Gasteiger charge is -2.13. The number of aliphatic hydroxyl groups excluding tert-OH is 1. The summed E-state index contributed by atoms with van der Waals surface area (Å²) in [6, 6.07) is 7.50. The molecular formula is C15H18BrN3O2. The number of aliphatic hydroxyl groups is 1. The second kappa shape index (κ2) is 8.07. The van der Waals surface area contributed by atoms with Crippen molar-refractivity contribution in [2.24, 2.45) is 0 Å². The van der Waals surface area contributed by atoms with E-state index in [4.69, 9.17) is 4.74 Å². The second-order valence-electron chi connectivity index (χ2n) is 4.70. The molecule has 0 aliphatic heterocycles. The second-order valence-corrected chi connectivity index (χ2v) is 5.61. The van der Waals surface area contributed by atoms with Gasteiger partial charge in [-0.05, 0) is 31.2 Å². The Morgan fingerprint density at radius 1 is 1.24 bits per heavy atom. The number of aryl methyl sites for hydroxylation is 1. The van der Waals surface area contributed by atoms with Crippen LogP contribution in [-0.2, 0) is 6.54 Å². The highest BCUT2D eigenvalue weighted by atomic mass is 79.9. The zero-order valence-electron chi connectivity index (χ0n) is 11.8. The third kappa shape index (κ3) is 5.79. The molecule has 0 saturated carbocycles. The summed E-state index contributed by atoms with van der Waals surface area (Å²) in [5, 5.41) is 13.0. The fraction of sp³-hybridized carbons (Fsp3) is 0.333. The molecule has 0 fully saturated rings. The first-order valence-electron chi connectivity index (χ1n) is 6.68. The van der Waals surface area contributed by atoms with Crippen LogP contribution in [0.4, 0.5) is 0 Å². The Morgan fingerprint density at radius 3 is 2.67 bits per heavy atom. The third-order valence-electron chi connectivity index (χ3n) is 2.78. The van der Waals surface area contributed by atoms with Crippen LogP contribution in [0.25, 0.3) is 0 Å². The molecule has 2 N–H and O–H groups in total. The van der Waals surface area contributed by atoms with E-state index in [0.29, 0.717) is 13.1 Å². The Bertz CT molecular complexity index is 546. The summed E-state index contributed by atoms with van der Waals surface area (Å²) in [5.74, 6) is 0.738. The largest absolute Gasteiger partial charge is 0.491 e. The molecule has 1 atom stereocenters. The van der Waals surface area contributed by atoms with Crippen molar-refractivity contribution in [1.29, 1.82) is 0 Å². The van der Waals surface area contributed by atoms with Crippen molar-refractivity contribution < 1.29 is 9.84 Å². The predicted octanol–water partition coefficient (Wildman–Crippen LogP) is 2.08. The van der Waals surface area contributed by atoms with Crippen LogP contribution in [0.5, 0.6) is 5.75 Å². The summed E-state index contributed by atoms with van der Waals surface area (Å²) in [7, 11) is 0. The maximum Gasteiger partial charge on any atom is 0.119 e. The van der Waals surface area contributed by atoms with Crippen LogP contribution in [0, 0.1) is 6.92 Å². The molecule has 0 aliphatic carbocycles. The van der Waals surface area contributed by atoms with Crippen molar-refractivity contribution in [3.63, 3.8) is 0 Å². The standard InChI is InChI=1S/C15H18BrN3O2/c1-11-6-19-13(8-18-11)7-17-9-14(20)10-21-15-4-2-12(16)3-5-15/h2-6,8,14,17,20H,7,9-10H2,1H3. The van der Waals surface area contributed by atoms with E-state index in [1.807, 2.05) is 31.2 Å². The Balaban J connectivity index is 1.66. The Labute approximate surface area is 132 Å². The molecule has 1 heterocycles. The molecule has 0 amide bonds.